The highest BCUT2D eigenvalue weighted by Crippen LogP contribution is 2.25. The van der Waals surface area contributed by atoms with Crippen molar-refractivity contribution in [3.05, 3.63) is 28.8 Å². The van der Waals surface area contributed by atoms with Gasteiger partial charge in [0.15, 0.2) is 5.78 Å². The average molecular weight is 285 g/mol. The Morgan fingerprint density at radius 3 is 2.31 bits per heavy atom. The summed E-state index contributed by atoms with van der Waals surface area (Å²) in [6, 6.07) is 3.81. The Labute approximate surface area is 105 Å². The van der Waals surface area contributed by atoms with E-state index in [2.05, 4.69) is 15.9 Å². The van der Waals surface area contributed by atoms with Gasteiger partial charge in [0.05, 0.1) is 7.11 Å². The first-order valence-electron chi connectivity index (χ1n) is 5.34. The fraction of sp³-hybridized carbons (Fsp3) is 0.462. The molecular weight excluding hydrogens is 268 g/mol. The number of benzene rings is 1. The Morgan fingerprint density at radius 2 is 1.88 bits per heavy atom. The topological polar surface area (TPSA) is 26.3 Å². The molecule has 0 saturated heterocycles. The van der Waals surface area contributed by atoms with Gasteiger partial charge in [0, 0.05) is 17.3 Å². The molecule has 0 amide bonds. The summed E-state index contributed by atoms with van der Waals surface area (Å²) < 4.78 is 5.27. The molecule has 0 aliphatic rings. The number of Topliss-reactive ketones (excluding diaryl/α,β-unsaturated/α-hetero) is 1. The molecule has 1 rings (SSSR count). The maximum Gasteiger partial charge on any atom is 0.162 e. The number of hydrogen-bond donors (Lipinski definition) is 0. The molecule has 0 spiro atoms. The minimum Gasteiger partial charge on any atom is -0.496 e. The Hall–Kier alpha value is -0.830. The number of ketones is 1. The predicted molar refractivity (Wildman–Crippen MR) is 69.8 cm³/mol. The van der Waals surface area contributed by atoms with E-state index in [1.54, 1.807) is 7.11 Å². The summed E-state index contributed by atoms with van der Waals surface area (Å²) in [5.41, 5.74) is 2.83. The molecule has 0 heterocycles. The average Bonchev–Trinajstić information content (AvgIpc) is 2.25. The zero-order valence-electron chi connectivity index (χ0n) is 9.97. The molecule has 0 unspecified atom stereocenters. The predicted octanol–water partition coefficient (Wildman–Crippen LogP) is 3.67. The minimum absolute atomic E-state index is 0.202. The van der Waals surface area contributed by atoms with Crippen LogP contribution < -0.4 is 4.74 Å². The van der Waals surface area contributed by atoms with Crippen LogP contribution in [0.2, 0.25) is 0 Å². The van der Waals surface area contributed by atoms with Crippen LogP contribution in [0.5, 0.6) is 5.75 Å². The van der Waals surface area contributed by atoms with E-state index in [9.17, 15) is 4.79 Å². The summed E-state index contributed by atoms with van der Waals surface area (Å²) in [4.78, 5) is 11.8. The van der Waals surface area contributed by atoms with Crippen LogP contribution in [-0.4, -0.2) is 18.2 Å². The largest absolute Gasteiger partial charge is 0.496 e. The van der Waals surface area contributed by atoms with Gasteiger partial charge in [-0.3, -0.25) is 4.79 Å². The second kappa shape index (κ2) is 6.04. The minimum atomic E-state index is 0.202. The van der Waals surface area contributed by atoms with E-state index in [1.165, 1.54) is 0 Å². The number of alkyl halides is 1. The number of methoxy groups -OCH3 is 1. The van der Waals surface area contributed by atoms with Crippen molar-refractivity contribution in [3.63, 3.8) is 0 Å². The van der Waals surface area contributed by atoms with Gasteiger partial charge in [-0.25, -0.2) is 0 Å². The van der Waals surface area contributed by atoms with Crippen LogP contribution in [0.4, 0.5) is 0 Å². The van der Waals surface area contributed by atoms with Crippen LogP contribution in [0, 0.1) is 13.8 Å². The molecule has 16 heavy (non-hydrogen) atoms. The van der Waals surface area contributed by atoms with E-state index in [0.717, 1.165) is 34.2 Å². The van der Waals surface area contributed by atoms with Crippen molar-refractivity contribution < 1.29 is 9.53 Å². The molecule has 88 valence electrons. The molecule has 0 saturated carbocycles. The molecule has 0 aliphatic heterocycles. The van der Waals surface area contributed by atoms with Gasteiger partial charge in [0.1, 0.15) is 5.75 Å². The lowest BCUT2D eigenvalue weighted by Gasteiger charge is -2.10. The number of carbonyl (C=O) groups excluding carboxylic acids is 1. The molecule has 3 heteroatoms. The Balaban J connectivity index is 2.95. The summed E-state index contributed by atoms with van der Waals surface area (Å²) >= 11 is 3.33. The van der Waals surface area contributed by atoms with Crippen LogP contribution in [-0.2, 0) is 0 Å². The molecule has 0 atom stereocenters. The van der Waals surface area contributed by atoms with Crippen LogP contribution in [0.1, 0.15) is 34.3 Å². The van der Waals surface area contributed by atoms with Gasteiger partial charge in [-0.15, -0.1) is 0 Å². The van der Waals surface area contributed by atoms with Crippen molar-refractivity contribution in [1.82, 2.24) is 0 Å². The number of halogens is 1. The van der Waals surface area contributed by atoms with Crippen LogP contribution >= 0.6 is 15.9 Å². The highest BCUT2D eigenvalue weighted by molar-refractivity contribution is 9.09. The molecule has 0 aliphatic carbocycles. The van der Waals surface area contributed by atoms with E-state index in [0.29, 0.717) is 6.42 Å². The Morgan fingerprint density at radius 1 is 1.31 bits per heavy atom. The molecule has 1 aromatic rings. The molecule has 2 nitrogen and oxygen atoms in total. The standard InChI is InChI=1S/C13H17BrO2/c1-9-7-11(12(15)5-4-6-14)8-10(2)13(9)16-3/h7-8H,4-6H2,1-3H3. The number of ether oxygens (including phenoxy) is 1. The first-order chi connectivity index (χ1) is 7.60. The fourth-order valence-electron chi connectivity index (χ4n) is 1.80. The smallest absolute Gasteiger partial charge is 0.162 e. The van der Waals surface area contributed by atoms with Gasteiger partial charge < -0.3 is 4.74 Å². The van der Waals surface area contributed by atoms with Gasteiger partial charge >= 0.3 is 0 Å². The van der Waals surface area contributed by atoms with Crippen LogP contribution in [0.3, 0.4) is 0 Å². The van der Waals surface area contributed by atoms with Crippen LogP contribution in [0.15, 0.2) is 12.1 Å². The molecule has 1 aromatic carbocycles. The lowest BCUT2D eigenvalue weighted by molar-refractivity contribution is 0.0982. The van der Waals surface area contributed by atoms with Crippen molar-refractivity contribution in [2.24, 2.45) is 0 Å². The van der Waals surface area contributed by atoms with Crippen molar-refractivity contribution in [2.45, 2.75) is 26.7 Å². The normalized spacial score (nSPS) is 10.2. The second-order valence-electron chi connectivity index (χ2n) is 3.86. The highest BCUT2D eigenvalue weighted by Gasteiger charge is 2.10. The lowest BCUT2D eigenvalue weighted by Crippen LogP contribution is -2.02. The summed E-state index contributed by atoms with van der Waals surface area (Å²) in [5, 5.41) is 0.868. The van der Waals surface area contributed by atoms with E-state index in [4.69, 9.17) is 4.74 Å². The van der Waals surface area contributed by atoms with Crippen molar-refractivity contribution in [1.29, 1.82) is 0 Å². The van der Waals surface area contributed by atoms with E-state index >= 15 is 0 Å². The van der Waals surface area contributed by atoms with E-state index < -0.39 is 0 Å². The van der Waals surface area contributed by atoms with Gasteiger partial charge in [-0.2, -0.15) is 0 Å². The van der Waals surface area contributed by atoms with Gasteiger partial charge in [-0.1, -0.05) is 15.9 Å². The molecule has 0 N–H and O–H groups in total. The summed E-state index contributed by atoms with van der Waals surface area (Å²) in [7, 11) is 1.65. The van der Waals surface area contributed by atoms with Crippen LogP contribution in [0.25, 0.3) is 0 Å². The van der Waals surface area contributed by atoms with Gasteiger partial charge in [0.25, 0.3) is 0 Å². The summed E-state index contributed by atoms with van der Waals surface area (Å²) in [6.45, 7) is 3.93. The third-order valence-corrected chi connectivity index (χ3v) is 3.08. The highest BCUT2D eigenvalue weighted by atomic mass is 79.9. The first kappa shape index (κ1) is 13.2. The molecular formula is C13H17BrO2. The van der Waals surface area contributed by atoms with E-state index in [1.807, 2.05) is 26.0 Å². The Kier molecular flexibility index (Phi) is 5.00. The summed E-state index contributed by atoms with van der Waals surface area (Å²) in [6.07, 6.45) is 1.47. The maximum atomic E-state index is 11.8. The third-order valence-electron chi connectivity index (χ3n) is 2.52. The molecule has 0 fully saturated rings. The SMILES string of the molecule is COc1c(C)cc(C(=O)CCCBr)cc1C. The molecule has 0 aromatic heterocycles. The zero-order chi connectivity index (χ0) is 12.1. The summed E-state index contributed by atoms with van der Waals surface area (Å²) in [5.74, 6) is 1.07. The quantitative estimate of drug-likeness (QED) is 0.609. The molecule has 0 radical (unpaired) electrons. The van der Waals surface area contributed by atoms with Gasteiger partial charge in [-0.05, 0) is 43.5 Å². The first-order valence-corrected chi connectivity index (χ1v) is 6.46. The van der Waals surface area contributed by atoms with Crippen molar-refractivity contribution in [2.75, 3.05) is 12.4 Å². The number of hydrogen-bond acceptors (Lipinski definition) is 2. The number of aryl methyl sites for hydroxylation is 2. The van der Waals surface area contributed by atoms with E-state index in [-0.39, 0.29) is 5.78 Å². The second-order valence-corrected chi connectivity index (χ2v) is 4.65. The number of rotatable bonds is 5. The molecule has 0 bridgehead atoms. The zero-order valence-corrected chi connectivity index (χ0v) is 11.6. The van der Waals surface area contributed by atoms with Crippen molar-refractivity contribution >= 4 is 21.7 Å². The van der Waals surface area contributed by atoms with Crippen molar-refractivity contribution in [3.8, 4) is 5.75 Å². The third kappa shape index (κ3) is 3.08. The monoisotopic (exact) mass is 284 g/mol. The van der Waals surface area contributed by atoms with Gasteiger partial charge in [0.2, 0.25) is 0 Å². The lowest BCUT2D eigenvalue weighted by atomic mass is 10.0. The fourth-order valence-corrected chi connectivity index (χ4v) is 2.09. The maximum absolute atomic E-state index is 11.8. The number of carbonyl (C=O) groups is 1. The Bertz CT molecular complexity index is 363.